The maximum absolute atomic E-state index is 12.1. The SMILES string of the molecule is CCCNC(=O)[C@H](C)OC(=O)c1ccc(-c2ccc([N+](=O)[O-])cc2Cl)o1. The number of benzene rings is 1. The number of nitro benzene ring substituents is 1. The van der Waals surface area contributed by atoms with E-state index in [-0.39, 0.29) is 22.2 Å². The van der Waals surface area contributed by atoms with E-state index in [0.717, 1.165) is 6.42 Å². The van der Waals surface area contributed by atoms with E-state index >= 15 is 0 Å². The first kappa shape index (κ1) is 19.5. The first-order valence-corrected chi connectivity index (χ1v) is 8.24. The van der Waals surface area contributed by atoms with Crippen molar-refractivity contribution >= 4 is 29.2 Å². The summed E-state index contributed by atoms with van der Waals surface area (Å²) < 4.78 is 10.5. The molecule has 0 saturated heterocycles. The zero-order valence-corrected chi connectivity index (χ0v) is 14.9. The van der Waals surface area contributed by atoms with Crippen molar-refractivity contribution in [3.63, 3.8) is 0 Å². The molecule has 2 rings (SSSR count). The third kappa shape index (κ3) is 4.60. The Morgan fingerprint density at radius 3 is 2.69 bits per heavy atom. The summed E-state index contributed by atoms with van der Waals surface area (Å²) in [5, 5.41) is 13.5. The molecule has 26 heavy (non-hydrogen) atoms. The van der Waals surface area contributed by atoms with Crippen molar-refractivity contribution in [3.05, 3.63) is 51.2 Å². The molecule has 0 aliphatic heterocycles. The van der Waals surface area contributed by atoms with Gasteiger partial charge in [-0.05, 0) is 31.5 Å². The van der Waals surface area contributed by atoms with Crippen molar-refractivity contribution in [1.82, 2.24) is 5.32 Å². The Kier molecular flexibility index (Phi) is 6.35. The van der Waals surface area contributed by atoms with Crippen LogP contribution >= 0.6 is 11.6 Å². The molecule has 0 fully saturated rings. The van der Waals surface area contributed by atoms with Gasteiger partial charge in [-0.25, -0.2) is 4.79 Å². The van der Waals surface area contributed by atoms with Crippen LogP contribution in [0.3, 0.4) is 0 Å². The second kappa shape index (κ2) is 8.48. The Morgan fingerprint density at radius 1 is 1.35 bits per heavy atom. The second-order valence-corrected chi connectivity index (χ2v) is 5.83. The predicted octanol–water partition coefficient (Wildman–Crippen LogP) is 3.58. The van der Waals surface area contributed by atoms with E-state index in [0.29, 0.717) is 12.1 Å². The van der Waals surface area contributed by atoms with Gasteiger partial charge in [0, 0.05) is 24.2 Å². The van der Waals surface area contributed by atoms with E-state index in [1.165, 1.54) is 37.3 Å². The zero-order chi connectivity index (χ0) is 19.3. The van der Waals surface area contributed by atoms with Gasteiger partial charge in [-0.2, -0.15) is 0 Å². The summed E-state index contributed by atoms with van der Waals surface area (Å²) in [6.45, 7) is 3.86. The van der Waals surface area contributed by atoms with E-state index in [9.17, 15) is 19.7 Å². The van der Waals surface area contributed by atoms with Gasteiger partial charge < -0.3 is 14.5 Å². The summed E-state index contributed by atoms with van der Waals surface area (Å²) in [5.74, 6) is -1.05. The highest BCUT2D eigenvalue weighted by molar-refractivity contribution is 6.33. The van der Waals surface area contributed by atoms with Gasteiger partial charge in [-0.1, -0.05) is 18.5 Å². The van der Waals surface area contributed by atoms with Crippen LogP contribution in [0.2, 0.25) is 5.02 Å². The number of amides is 1. The Bertz CT molecular complexity index is 832. The number of nitro groups is 1. The average molecular weight is 381 g/mol. The summed E-state index contributed by atoms with van der Waals surface area (Å²) >= 11 is 6.04. The fourth-order valence-corrected chi connectivity index (χ4v) is 2.34. The molecule has 0 saturated carbocycles. The number of carbonyl (C=O) groups is 2. The van der Waals surface area contributed by atoms with E-state index in [2.05, 4.69) is 5.32 Å². The van der Waals surface area contributed by atoms with Gasteiger partial charge in [0.2, 0.25) is 5.76 Å². The fourth-order valence-electron chi connectivity index (χ4n) is 2.07. The standard InChI is InChI=1S/C17H17ClN2O6/c1-3-8-19-16(21)10(2)25-17(22)15-7-6-14(26-15)12-5-4-11(20(23)24)9-13(12)18/h4-7,9-10H,3,8H2,1-2H3,(H,19,21)/t10-/m0/s1. The molecule has 1 atom stereocenters. The molecule has 1 heterocycles. The van der Waals surface area contributed by atoms with E-state index in [1.807, 2.05) is 6.92 Å². The molecule has 1 amide bonds. The predicted molar refractivity (Wildman–Crippen MR) is 94.0 cm³/mol. The molecule has 0 bridgehead atoms. The minimum atomic E-state index is -0.967. The quantitative estimate of drug-likeness (QED) is 0.446. The molecule has 138 valence electrons. The first-order chi connectivity index (χ1) is 12.3. The van der Waals surface area contributed by atoms with Gasteiger partial charge in [0.05, 0.1) is 9.95 Å². The number of halogens is 1. The Balaban J connectivity index is 2.11. The summed E-state index contributed by atoms with van der Waals surface area (Å²) in [5.41, 5.74) is 0.238. The van der Waals surface area contributed by atoms with Crippen LogP contribution in [-0.4, -0.2) is 29.4 Å². The minimum Gasteiger partial charge on any atom is -0.449 e. The molecule has 1 aromatic carbocycles. The monoisotopic (exact) mass is 380 g/mol. The van der Waals surface area contributed by atoms with Crippen LogP contribution in [0.25, 0.3) is 11.3 Å². The molecule has 0 aliphatic rings. The molecule has 1 aromatic heterocycles. The van der Waals surface area contributed by atoms with Crippen LogP contribution in [0.5, 0.6) is 0 Å². The number of nitrogens with one attached hydrogen (secondary N) is 1. The van der Waals surface area contributed by atoms with Crippen LogP contribution in [-0.2, 0) is 9.53 Å². The molecule has 0 aliphatic carbocycles. The Labute approximate surface area is 154 Å². The lowest BCUT2D eigenvalue weighted by atomic mass is 10.1. The average Bonchev–Trinajstić information content (AvgIpc) is 3.09. The number of esters is 1. The Morgan fingerprint density at radius 2 is 2.08 bits per heavy atom. The van der Waals surface area contributed by atoms with Crippen molar-refractivity contribution in [3.8, 4) is 11.3 Å². The minimum absolute atomic E-state index is 0.107. The van der Waals surface area contributed by atoms with Gasteiger partial charge in [-0.3, -0.25) is 14.9 Å². The summed E-state index contributed by atoms with van der Waals surface area (Å²) in [7, 11) is 0. The number of nitrogens with zero attached hydrogens (tertiary/aromatic N) is 1. The van der Waals surface area contributed by atoms with Crippen LogP contribution in [0.4, 0.5) is 5.69 Å². The lowest BCUT2D eigenvalue weighted by molar-refractivity contribution is -0.384. The van der Waals surface area contributed by atoms with Crippen LogP contribution in [0.1, 0.15) is 30.8 Å². The van der Waals surface area contributed by atoms with Gasteiger partial charge in [-0.15, -0.1) is 0 Å². The lowest BCUT2D eigenvalue weighted by Crippen LogP contribution is -2.36. The van der Waals surface area contributed by atoms with Crippen molar-refractivity contribution in [1.29, 1.82) is 0 Å². The van der Waals surface area contributed by atoms with Gasteiger partial charge in [0.15, 0.2) is 6.10 Å². The molecule has 0 spiro atoms. The smallest absolute Gasteiger partial charge is 0.375 e. The highest BCUT2D eigenvalue weighted by atomic mass is 35.5. The number of ether oxygens (including phenoxy) is 1. The number of non-ortho nitro benzene ring substituents is 1. The number of hydrogen-bond donors (Lipinski definition) is 1. The third-order valence-corrected chi connectivity index (χ3v) is 3.75. The largest absolute Gasteiger partial charge is 0.449 e. The Hall–Kier alpha value is -2.87. The van der Waals surface area contributed by atoms with E-state index in [4.69, 9.17) is 20.8 Å². The molecule has 2 aromatic rings. The van der Waals surface area contributed by atoms with Gasteiger partial charge in [0.1, 0.15) is 5.76 Å². The van der Waals surface area contributed by atoms with Crippen LogP contribution in [0.15, 0.2) is 34.7 Å². The topological polar surface area (TPSA) is 112 Å². The molecular formula is C17H17ClN2O6. The number of furan rings is 1. The lowest BCUT2D eigenvalue weighted by Gasteiger charge is -2.12. The first-order valence-electron chi connectivity index (χ1n) is 7.86. The van der Waals surface area contributed by atoms with Gasteiger partial charge >= 0.3 is 5.97 Å². The van der Waals surface area contributed by atoms with Crippen molar-refractivity contribution in [2.45, 2.75) is 26.4 Å². The highest BCUT2D eigenvalue weighted by Gasteiger charge is 2.22. The molecule has 9 heteroatoms. The second-order valence-electron chi connectivity index (χ2n) is 5.42. The number of rotatable bonds is 7. The van der Waals surface area contributed by atoms with E-state index < -0.39 is 22.9 Å². The maximum atomic E-state index is 12.1. The fraction of sp³-hybridized carbons (Fsp3) is 0.294. The maximum Gasteiger partial charge on any atom is 0.375 e. The van der Waals surface area contributed by atoms with Crippen molar-refractivity contribution in [2.75, 3.05) is 6.54 Å². The third-order valence-electron chi connectivity index (χ3n) is 3.44. The summed E-state index contributed by atoms with van der Waals surface area (Å²) in [6, 6.07) is 6.77. The van der Waals surface area contributed by atoms with Crippen LogP contribution in [0, 0.1) is 10.1 Å². The summed E-state index contributed by atoms with van der Waals surface area (Å²) in [6.07, 6.45) is -0.199. The molecule has 8 nitrogen and oxygen atoms in total. The molecule has 1 N–H and O–H groups in total. The highest BCUT2D eigenvalue weighted by Crippen LogP contribution is 2.32. The van der Waals surface area contributed by atoms with Crippen molar-refractivity contribution in [2.24, 2.45) is 0 Å². The normalized spacial score (nSPS) is 11.7. The summed E-state index contributed by atoms with van der Waals surface area (Å²) in [4.78, 5) is 34.0. The molecular weight excluding hydrogens is 364 g/mol. The molecule has 0 unspecified atom stereocenters. The zero-order valence-electron chi connectivity index (χ0n) is 14.2. The number of carbonyl (C=O) groups excluding carboxylic acids is 2. The van der Waals surface area contributed by atoms with Crippen LogP contribution < -0.4 is 5.32 Å². The van der Waals surface area contributed by atoms with E-state index in [1.54, 1.807) is 0 Å². The molecule has 0 radical (unpaired) electrons. The van der Waals surface area contributed by atoms with Crippen molar-refractivity contribution < 1.29 is 23.7 Å². The van der Waals surface area contributed by atoms with Gasteiger partial charge in [0.25, 0.3) is 11.6 Å². The number of hydrogen-bond acceptors (Lipinski definition) is 6.